The van der Waals surface area contributed by atoms with Crippen molar-refractivity contribution in [2.24, 2.45) is 4.99 Å². The van der Waals surface area contributed by atoms with E-state index in [9.17, 15) is 9.59 Å². The summed E-state index contributed by atoms with van der Waals surface area (Å²) < 4.78 is 10.9. The standard InChI is InChI=1S/C21H14ClN3O4S/c1-12(26)23-14-9-7-13(8-10-14)19-24-16(20(27)29-19)11-17-18(22)25-21(30-17)28-15-5-3-2-4-6-15/h2-11H,1H3,(H,23,26)/b16-11+. The number of ether oxygens (including phenoxy) is 2. The van der Waals surface area contributed by atoms with Crippen LogP contribution in [0.5, 0.6) is 10.9 Å². The molecule has 1 amide bonds. The van der Waals surface area contributed by atoms with Gasteiger partial charge < -0.3 is 14.8 Å². The molecular formula is C21H14ClN3O4S. The van der Waals surface area contributed by atoms with E-state index in [4.69, 9.17) is 21.1 Å². The first kappa shape index (κ1) is 19.8. The first-order valence-electron chi connectivity index (χ1n) is 8.78. The molecule has 2 aromatic carbocycles. The fourth-order valence-electron chi connectivity index (χ4n) is 2.57. The number of nitrogens with one attached hydrogen (secondary N) is 1. The minimum absolute atomic E-state index is 0.104. The molecule has 2 heterocycles. The Kier molecular flexibility index (Phi) is 5.60. The first-order valence-corrected chi connectivity index (χ1v) is 9.97. The third-order valence-electron chi connectivity index (χ3n) is 3.88. The fourth-order valence-corrected chi connectivity index (χ4v) is 3.63. The molecule has 4 rings (SSSR count). The number of nitrogens with zero attached hydrogens (tertiary/aromatic N) is 2. The third-order valence-corrected chi connectivity index (χ3v) is 5.16. The van der Waals surface area contributed by atoms with Crippen molar-refractivity contribution in [1.29, 1.82) is 0 Å². The number of hydrogen-bond donors (Lipinski definition) is 1. The number of carbonyl (C=O) groups excluding carboxylic acids is 2. The van der Waals surface area contributed by atoms with E-state index in [2.05, 4.69) is 15.3 Å². The summed E-state index contributed by atoms with van der Waals surface area (Å²) >= 11 is 7.38. The molecule has 0 aliphatic carbocycles. The fraction of sp³-hybridized carbons (Fsp3) is 0.0476. The molecule has 0 spiro atoms. The van der Waals surface area contributed by atoms with Crippen molar-refractivity contribution in [3.05, 3.63) is 75.9 Å². The predicted molar refractivity (Wildman–Crippen MR) is 115 cm³/mol. The molecule has 0 unspecified atom stereocenters. The second-order valence-electron chi connectivity index (χ2n) is 6.14. The van der Waals surface area contributed by atoms with Gasteiger partial charge >= 0.3 is 5.97 Å². The van der Waals surface area contributed by atoms with Crippen molar-refractivity contribution in [3.8, 4) is 10.9 Å². The van der Waals surface area contributed by atoms with Crippen molar-refractivity contribution in [2.75, 3.05) is 5.32 Å². The maximum atomic E-state index is 12.2. The monoisotopic (exact) mass is 439 g/mol. The zero-order valence-electron chi connectivity index (χ0n) is 15.6. The summed E-state index contributed by atoms with van der Waals surface area (Å²) in [6.45, 7) is 1.43. The van der Waals surface area contributed by atoms with Crippen molar-refractivity contribution < 1.29 is 19.1 Å². The van der Waals surface area contributed by atoms with Crippen LogP contribution in [-0.2, 0) is 14.3 Å². The highest BCUT2D eigenvalue weighted by molar-refractivity contribution is 7.14. The normalized spacial score (nSPS) is 14.4. The van der Waals surface area contributed by atoms with Crippen LogP contribution in [0.3, 0.4) is 0 Å². The molecule has 1 aliphatic rings. The van der Waals surface area contributed by atoms with E-state index in [1.165, 1.54) is 24.3 Å². The minimum Gasteiger partial charge on any atom is -0.431 e. The molecule has 0 saturated carbocycles. The molecule has 1 N–H and O–H groups in total. The molecule has 7 nitrogen and oxygen atoms in total. The van der Waals surface area contributed by atoms with Crippen LogP contribution in [0.1, 0.15) is 17.4 Å². The van der Waals surface area contributed by atoms with Gasteiger partial charge in [-0.15, -0.1) is 0 Å². The highest BCUT2D eigenvalue weighted by Crippen LogP contribution is 2.34. The maximum absolute atomic E-state index is 12.2. The molecular weight excluding hydrogens is 426 g/mol. The number of carbonyl (C=O) groups is 2. The minimum atomic E-state index is -0.592. The molecule has 30 heavy (non-hydrogen) atoms. The molecule has 1 aliphatic heterocycles. The molecule has 0 atom stereocenters. The topological polar surface area (TPSA) is 89.9 Å². The predicted octanol–water partition coefficient (Wildman–Crippen LogP) is 4.89. The van der Waals surface area contributed by atoms with E-state index in [0.717, 1.165) is 0 Å². The summed E-state index contributed by atoms with van der Waals surface area (Å²) in [4.78, 5) is 32.3. The van der Waals surface area contributed by atoms with Gasteiger partial charge in [0.25, 0.3) is 5.19 Å². The first-order chi connectivity index (χ1) is 14.5. The summed E-state index contributed by atoms with van der Waals surface area (Å²) in [5, 5.41) is 3.22. The summed E-state index contributed by atoms with van der Waals surface area (Å²) in [6.07, 6.45) is 1.51. The number of esters is 1. The van der Waals surface area contributed by atoms with E-state index in [1.54, 1.807) is 36.4 Å². The largest absolute Gasteiger partial charge is 0.431 e. The smallest absolute Gasteiger partial charge is 0.363 e. The molecule has 3 aromatic rings. The van der Waals surface area contributed by atoms with Gasteiger partial charge in [0, 0.05) is 18.2 Å². The van der Waals surface area contributed by atoms with Gasteiger partial charge in [0.1, 0.15) is 5.75 Å². The van der Waals surface area contributed by atoms with Crippen molar-refractivity contribution >= 4 is 52.5 Å². The number of hydrogen-bond acceptors (Lipinski definition) is 7. The number of para-hydroxylation sites is 1. The zero-order valence-corrected chi connectivity index (χ0v) is 17.2. The van der Waals surface area contributed by atoms with Crippen LogP contribution in [-0.4, -0.2) is 22.8 Å². The van der Waals surface area contributed by atoms with Gasteiger partial charge in [0.05, 0.1) is 4.88 Å². The quantitative estimate of drug-likeness (QED) is 0.451. The Morgan fingerprint density at radius 3 is 2.60 bits per heavy atom. The molecule has 0 radical (unpaired) electrons. The van der Waals surface area contributed by atoms with Gasteiger partial charge in [-0.25, -0.2) is 9.79 Å². The lowest BCUT2D eigenvalue weighted by molar-refractivity contribution is -0.129. The zero-order chi connectivity index (χ0) is 21.1. The lowest BCUT2D eigenvalue weighted by atomic mass is 10.2. The summed E-state index contributed by atoms with van der Waals surface area (Å²) in [5.41, 5.74) is 1.34. The Hall–Kier alpha value is -3.49. The van der Waals surface area contributed by atoms with Crippen molar-refractivity contribution in [3.63, 3.8) is 0 Å². The van der Waals surface area contributed by atoms with Crippen molar-refractivity contribution in [1.82, 2.24) is 4.98 Å². The van der Waals surface area contributed by atoms with E-state index in [1.807, 2.05) is 18.2 Å². The number of thiazole rings is 1. The molecule has 0 fully saturated rings. The average Bonchev–Trinajstić information content (AvgIpc) is 3.25. The third kappa shape index (κ3) is 4.56. The second-order valence-corrected chi connectivity index (χ2v) is 7.50. The van der Waals surface area contributed by atoms with Gasteiger partial charge in [-0.2, -0.15) is 4.98 Å². The SMILES string of the molecule is CC(=O)Nc1ccc(C2=N/C(=C/c3sc(Oc4ccccc4)nc3Cl)C(=O)O2)cc1. The Balaban J connectivity index is 1.54. The van der Waals surface area contributed by atoms with Gasteiger partial charge in [-0.05, 0) is 42.5 Å². The van der Waals surface area contributed by atoms with Crippen LogP contribution in [0.15, 0.2) is 65.3 Å². The lowest BCUT2D eigenvalue weighted by Crippen LogP contribution is -2.07. The molecule has 0 saturated heterocycles. The Labute approximate surface area is 180 Å². The molecule has 150 valence electrons. The van der Waals surface area contributed by atoms with E-state index < -0.39 is 5.97 Å². The number of cyclic esters (lactones) is 1. The van der Waals surface area contributed by atoms with Gasteiger partial charge in [-0.3, -0.25) is 4.79 Å². The Morgan fingerprint density at radius 1 is 1.17 bits per heavy atom. The summed E-state index contributed by atoms with van der Waals surface area (Å²) in [5.74, 6) is 0.0352. The lowest BCUT2D eigenvalue weighted by Gasteiger charge is -2.03. The number of aromatic nitrogens is 1. The molecule has 1 aromatic heterocycles. The number of benzene rings is 2. The van der Waals surface area contributed by atoms with Crippen LogP contribution in [0.25, 0.3) is 6.08 Å². The molecule has 9 heteroatoms. The molecule has 0 bridgehead atoms. The maximum Gasteiger partial charge on any atom is 0.363 e. The highest BCUT2D eigenvalue weighted by Gasteiger charge is 2.25. The summed E-state index contributed by atoms with van der Waals surface area (Å²) in [7, 11) is 0. The Bertz CT molecular complexity index is 1170. The van der Waals surface area contributed by atoms with Crippen molar-refractivity contribution in [2.45, 2.75) is 6.92 Å². The van der Waals surface area contributed by atoms with Crippen LogP contribution < -0.4 is 10.1 Å². The van der Waals surface area contributed by atoms with Crippen LogP contribution in [0.4, 0.5) is 5.69 Å². The highest BCUT2D eigenvalue weighted by atomic mass is 35.5. The number of aliphatic imine (C=N–C) groups is 1. The number of anilines is 1. The number of amides is 1. The average molecular weight is 440 g/mol. The van der Waals surface area contributed by atoms with E-state index >= 15 is 0 Å². The van der Waals surface area contributed by atoms with Crippen LogP contribution in [0, 0.1) is 0 Å². The van der Waals surface area contributed by atoms with Gasteiger partial charge in [0.2, 0.25) is 11.8 Å². The number of halogens is 1. The summed E-state index contributed by atoms with van der Waals surface area (Å²) in [6, 6.07) is 16.0. The van der Waals surface area contributed by atoms with Crippen LogP contribution in [0.2, 0.25) is 5.15 Å². The number of rotatable bonds is 5. The van der Waals surface area contributed by atoms with Gasteiger partial charge in [0.15, 0.2) is 10.9 Å². The second kappa shape index (κ2) is 8.48. The van der Waals surface area contributed by atoms with Crippen LogP contribution >= 0.6 is 22.9 Å². The van der Waals surface area contributed by atoms with Gasteiger partial charge in [-0.1, -0.05) is 41.1 Å². The van der Waals surface area contributed by atoms with E-state index in [-0.39, 0.29) is 22.7 Å². The Morgan fingerprint density at radius 2 is 1.90 bits per heavy atom. The van der Waals surface area contributed by atoms with E-state index in [0.29, 0.717) is 27.1 Å².